The highest BCUT2D eigenvalue weighted by molar-refractivity contribution is 6.03. The SMILES string of the molecule is C=CC(=O)N1CCC[C@@H](Nc2c(CC)cnc3[nH]cc(-c4cnn(C)c4)c23)C1. The monoisotopic (exact) mass is 378 g/mol. The van der Waals surface area contributed by atoms with Gasteiger partial charge < -0.3 is 15.2 Å². The number of hydrogen-bond acceptors (Lipinski definition) is 4. The molecule has 7 heteroatoms. The topological polar surface area (TPSA) is 78.8 Å². The number of carbonyl (C=O) groups excluding carboxylic acids is 1. The van der Waals surface area contributed by atoms with Crippen LogP contribution < -0.4 is 5.32 Å². The molecule has 4 heterocycles. The summed E-state index contributed by atoms with van der Waals surface area (Å²) in [6, 6.07) is 0.199. The Morgan fingerprint density at radius 2 is 2.32 bits per heavy atom. The number of nitrogens with one attached hydrogen (secondary N) is 2. The Balaban J connectivity index is 1.74. The molecule has 1 amide bonds. The Labute approximate surface area is 164 Å². The van der Waals surface area contributed by atoms with E-state index in [-0.39, 0.29) is 11.9 Å². The largest absolute Gasteiger partial charge is 0.380 e. The molecule has 1 aliphatic heterocycles. The first-order chi connectivity index (χ1) is 13.6. The van der Waals surface area contributed by atoms with Crippen LogP contribution in [0.4, 0.5) is 5.69 Å². The van der Waals surface area contributed by atoms with Crippen LogP contribution >= 0.6 is 0 Å². The number of nitrogens with zero attached hydrogens (tertiary/aromatic N) is 4. The molecule has 0 radical (unpaired) electrons. The van der Waals surface area contributed by atoms with Crippen molar-refractivity contribution in [1.29, 1.82) is 0 Å². The second-order valence-electron chi connectivity index (χ2n) is 7.31. The number of anilines is 1. The molecule has 7 nitrogen and oxygen atoms in total. The summed E-state index contributed by atoms with van der Waals surface area (Å²) < 4.78 is 1.80. The molecule has 1 aliphatic rings. The van der Waals surface area contributed by atoms with Gasteiger partial charge in [-0.05, 0) is 30.9 Å². The highest BCUT2D eigenvalue weighted by Crippen LogP contribution is 2.36. The summed E-state index contributed by atoms with van der Waals surface area (Å²) in [6.45, 7) is 7.24. The van der Waals surface area contributed by atoms with Gasteiger partial charge in [0.1, 0.15) is 5.65 Å². The van der Waals surface area contributed by atoms with Crippen molar-refractivity contribution in [3.05, 3.63) is 43.0 Å². The Bertz CT molecular complexity index is 1020. The van der Waals surface area contributed by atoms with Gasteiger partial charge in [-0.25, -0.2) is 4.98 Å². The fourth-order valence-corrected chi connectivity index (χ4v) is 3.98. The van der Waals surface area contributed by atoms with Crippen LogP contribution in [-0.4, -0.2) is 49.7 Å². The van der Waals surface area contributed by atoms with E-state index in [1.54, 1.807) is 4.68 Å². The molecule has 1 fully saturated rings. The lowest BCUT2D eigenvalue weighted by Gasteiger charge is -2.33. The van der Waals surface area contributed by atoms with Crippen molar-refractivity contribution in [2.75, 3.05) is 18.4 Å². The second-order valence-corrected chi connectivity index (χ2v) is 7.31. The number of likely N-dealkylation sites (tertiary alicyclic amines) is 1. The summed E-state index contributed by atoms with van der Waals surface area (Å²) in [7, 11) is 1.92. The lowest BCUT2D eigenvalue weighted by Crippen LogP contribution is -2.44. The molecule has 3 aromatic heterocycles. The fraction of sp³-hybridized carbons (Fsp3) is 0.381. The second kappa shape index (κ2) is 7.50. The first kappa shape index (κ1) is 18.3. The molecule has 0 aliphatic carbocycles. The normalized spacial score (nSPS) is 17.1. The van der Waals surface area contributed by atoms with Gasteiger partial charge in [-0.15, -0.1) is 0 Å². The molecule has 1 atom stereocenters. The highest BCUT2D eigenvalue weighted by Gasteiger charge is 2.24. The summed E-state index contributed by atoms with van der Waals surface area (Å²) >= 11 is 0. The third kappa shape index (κ3) is 3.28. The van der Waals surface area contributed by atoms with E-state index in [9.17, 15) is 4.79 Å². The summed E-state index contributed by atoms with van der Waals surface area (Å²) in [5, 5.41) is 9.14. The van der Waals surface area contributed by atoms with Crippen LogP contribution in [0.1, 0.15) is 25.3 Å². The van der Waals surface area contributed by atoms with Crippen LogP contribution in [0.3, 0.4) is 0 Å². The van der Waals surface area contributed by atoms with Gasteiger partial charge in [0.2, 0.25) is 5.91 Å². The zero-order valence-corrected chi connectivity index (χ0v) is 16.4. The fourth-order valence-electron chi connectivity index (χ4n) is 3.98. The molecule has 0 bridgehead atoms. The molecule has 0 spiro atoms. The number of rotatable bonds is 5. The molecule has 0 unspecified atom stereocenters. The van der Waals surface area contributed by atoms with Gasteiger partial charge in [0.05, 0.1) is 17.3 Å². The van der Waals surface area contributed by atoms with E-state index in [1.807, 2.05) is 36.7 Å². The van der Waals surface area contributed by atoms with Gasteiger partial charge in [-0.2, -0.15) is 5.10 Å². The Morgan fingerprint density at radius 3 is 3.04 bits per heavy atom. The minimum Gasteiger partial charge on any atom is -0.380 e. The lowest BCUT2D eigenvalue weighted by atomic mass is 10.0. The van der Waals surface area contributed by atoms with E-state index in [1.165, 1.54) is 11.6 Å². The molecule has 3 aromatic rings. The molecule has 4 rings (SSSR count). The van der Waals surface area contributed by atoms with Crippen molar-refractivity contribution in [3.63, 3.8) is 0 Å². The van der Waals surface area contributed by atoms with Crippen molar-refractivity contribution >= 4 is 22.6 Å². The smallest absolute Gasteiger partial charge is 0.246 e. The molecular formula is C21H26N6O. The molecule has 2 N–H and O–H groups in total. The summed E-state index contributed by atoms with van der Waals surface area (Å²) in [5.74, 6) is -0.000200. The van der Waals surface area contributed by atoms with E-state index in [4.69, 9.17) is 0 Å². The molecular weight excluding hydrogens is 352 g/mol. The van der Waals surface area contributed by atoms with E-state index < -0.39 is 0 Å². The number of pyridine rings is 1. The van der Waals surface area contributed by atoms with Crippen LogP contribution in [0, 0.1) is 0 Å². The average Bonchev–Trinajstić information content (AvgIpc) is 3.34. The van der Waals surface area contributed by atoms with Crippen molar-refractivity contribution in [3.8, 4) is 11.1 Å². The molecule has 28 heavy (non-hydrogen) atoms. The number of hydrogen-bond donors (Lipinski definition) is 2. The maximum atomic E-state index is 12.1. The van der Waals surface area contributed by atoms with Crippen molar-refractivity contribution < 1.29 is 4.79 Å². The number of aromatic amines is 1. The summed E-state index contributed by atoms with van der Waals surface area (Å²) in [5.41, 5.74) is 5.27. The predicted molar refractivity (Wildman–Crippen MR) is 111 cm³/mol. The van der Waals surface area contributed by atoms with E-state index in [0.29, 0.717) is 6.54 Å². The van der Waals surface area contributed by atoms with Crippen molar-refractivity contribution in [1.82, 2.24) is 24.6 Å². The third-order valence-corrected chi connectivity index (χ3v) is 5.43. The van der Waals surface area contributed by atoms with Crippen molar-refractivity contribution in [2.45, 2.75) is 32.2 Å². The van der Waals surface area contributed by atoms with E-state index in [2.05, 4.69) is 33.9 Å². The minimum atomic E-state index is -0.000200. The standard InChI is InChI=1S/C21H26N6O/c1-4-14-9-22-21-19(17(11-23-21)15-10-24-26(3)12-15)20(14)25-16-7-6-8-27(13-16)18(28)5-2/h5,9-12,16H,2,4,6-8,13H2,1,3H3,(H2,22,23,25)/t16-/m1/s1. The minimum absolute atomic E-state index is 0.000200. The Hall–Kier alpha value is -3.09. The number of H-pyrrole nitrogens is 1. The van der Waals surface area contributed by atoms with Crippen LogP contribution in [0.25, 0.3) is 22.2 Å². The van der Waals surface area contributed by atoms with Gasteiger partial charge in [-0.3, -0.25) is 9.48 Å². The summed E-state index contributed by atoms with van der Waals surface area (Å²) in [4.78, 5) is 21.8. The van der Waals surface area contributed by atoms with E-state index in [0.717, 1.165) is 53.7 Å². The highest BCUT2D eigenvalue weighted by atomic mass is 16.2. The van der Waals surface area contributed by atoms with Gasteiger partial charge in [0, 0.05) is 55.9 Å². The zero-order chi connectivity index (χ0) is 19.7. The van der Waals surface area contributed by atoms with Gasteiger partial charge in [0.15, 0.2) is 0 Å². The third-order valence-electron chi connectivity index (χ3n) is 5.43. The number of carbonyl (C=O) groups is 1. The maximum absolute atomic E-state index is 12.1. The Morgan fingerprint density at radius 1 is 1.46 bits per heavy atom. The number of aromatic nitrogens is 4. The summed E-state index contributed by atoms with van der Waals surface area (Å²) in [6.07, 6.45) is 12.1. The number of amides is 1. The lowest BCUT2D eigenvalue weighted by molar-refractivity contribution is -0.127. The first-order valence-electron chi connectivity index (χ1n) is 9.76. The zero-order valence-electron chi connectivity index (χ0n) is 16.4. The van der Waals surface area contributed by atoms with Crippen LogP contribution in [0.15, 0.2) is 37.4 Å². The molecule has 146 valence electrons. The Kier molecular flexibility index (Phi) is 4.90. The van der Waals surface area contributed by atoms with Crippen LogP contribution in [-0.2, 0) is 18.3 Å². The number of piperidine rings is 1. The van der Waals surface area contributed by atoms with Gasteiger partial charge in [-0.1, -0.05) is 13.5 Å². The first-order valence-corrected chi connectivity index (χ1v) is 9.76. The molecule has 0 saturated carbocycles. The van der Waals surface area contributed by atoms with Gasteiger partial charge in [0.25, 0.3) is 0 Å². The van der Waals surface area contributed by atoms with Crippen LogP contribution in [0.2, 0.25) is 0 Å². The maximum Gasteiger partial charge on any atom is 0.246 e. The average molecular weight is 378 g/mol. The quantitative estimate of drug-likeness (QED) is 0.669. The van der Waals surface area contributed by atoms with Gasteiger partial charge >= 0.3 is 0 Å². The number of aryl methyl sites for hydroxylation is 2. The molecule has 1 saturated heterocycles. The van der Waals surface area contributed by atoms with Crippen LogP contribution in [0.5, 0.6) is 0 Å². The van der Waals surface area contributed by atoms with E-state index >= 15 is 0 Å². The molecule has 0 aromatic carbocycles. The number of fused-ring (bicyclic) bond motifs is 1. The predicted octanol–water partition coefficient (Wildman–Crippen LogP) is 3.11. The van der Waals surface area contributed by atoms with Crippen molar-refractivity contribution in [2.24, 2.45) is 7.05 Å².